The van der Waals surface area contributed by atoms with E-state index >= 15 is 0 Å². The molecular weight excluding hydrogens is 378 g/mol. The molecule has 0 unspecified atom stereocenters. The van der Waals surface area contributed by atoms with Crippen LogP contribution >= 0.6 is 11.3 Å². The summed E-state index contributed by atoms with van der Waals surface area (Å²) in [6.07, 6.45) is 7.29. The molecule has 0 bridgehead atoms. The summed E-state index contributed by atoms with van der Waals surface area (Å²) in [5, 5.41) is 3.07. The molecule has 0 N–H and O–H groups in total. The van der Waals surface area contributed by atoms with Crippen LogP contribution in [0.3, 0.4) is 0 Å². The Morgan fingerprint density at radius 3 is 2.76 bits per heavy atom. The molecule has 2 aliphatic rings. The van der Waals surface area contributed by atoms with Gasteiger partial charge in [-0.1, -0.05) is 43.2 Å². The second-order valence-corrected chi connectivity index (χ2v) is 10.1. The van der Waals surface area contributed by atoms with Crippen molar-refractivity contribution in [3.05, 3.63) is 52.0 Å². The zero-order chi connectivity index (χ0) is 20.4. The lowest BCUT2D eigenvalue weighted by molar-refractivity contribution is -0.138. The lowest BCUT2D eigenvalue weighted by Crippen LogP contribution is -2.57. The van der Waals surface area contributed by atoms with Crippen LogP contribution in [0, 0.1) is 6.92 Å². The van der Waals surface area contributed by atoms with Crippen molar-refractivity contribution >= 4 is 17.2 Å². The summed E-state index contributed by atoms with van der Waals surface area (Å²) < 4.78 is 0. The Hall–Kier alpha value is -1.72. The van der Waals surface area contributed by atoms with Crippen molar-refractivity contribution in [2.45, 2.75) is 76.4 Å². The van der Waals surface area contributed by atoms with Gasteiger partial charge in [0.05, 0.1) is 22.7 Å². The minimum Gasteiger partial charge on any atom is -0.335 e. The van der Waals surface area contributed by atoms with E-state index in [4.69, 9.17) is 0 Å². The normalized spacial score (nSPS) is 28.0. The summed E-state index contributed by atoms with van der Waals surface area (Å²) in [4.78, 5) is 22.8. The van der Waals surface area contributed by atoms with Crippen molar-refractivity contribution in [2.75, 3.05) is 13.6 Å². The van der Waals surface area contributed by atoms with Crippen LogP contribution in [-0.4, -0.2) is 51.9 Å². The van der Waals surface area contributed by atoms with Crippen LogP contribution in [0.1, 0.15) is 55.3 Å². The van der Waals surface area contributed by atoms with Crippen LogP contribution in [0.25, 0.3) is 0 Å². The van der Waals surface area contributed by atoms with Gasteiger partial charge in [-0.25, -0.2) is 4.98 Å². The highest BCUT2D eigenvalue weighted by Gasteiger charge is 2.52. The molecule has 0 saturated carbocycles. The third-order valence-corrected chi connectivity index (χ3v) is 7.85. The van der Waals surface area contributed by atoms with Crippen molar-refractivity contribution in [1.82, 2.24) is 14.8 Å². The fourth-order valence-electron chi connectivity index (χ4n) is 5.55. The van der Waals surface area contributed by atoms with E-state index in [2.05, 4.69) is 59.1 Å². The van der Waals surface area contributed by atoms with Gasteiger partial charge in [0, 0.05) is 24.0 Å². The molecule has 0 aliphatic carbocycles. The van der Waals surface area contributed by atoms with Gasteiger partial charge in [0.25, 0.3) is 0 Å². The monoisotopic (exact) mass is 411 g/mol. The minimum atomic E-state index is -0.100. The van der Waals surface area contributed by atoms with Crippen LogP contribution in [0.5, 0.6) is 0 Å². The molecule has 2 saturated heterocycles. The molecule has 1 aromatic heterocycles. The number of hydrogen-bond donors (Lipinski definition) is 0. The quantitative estimate of drug-likeness (QED) is 0.745. The summed E-state index contributed by atoms with van der Waals surface area (Å²) in [6.45, 7) is 5.22. The van der Waals surface area contributed by atoms with Crippen molar-refractivity contribution < 1.29 is 4.79 Å². The second kappa shape index (κ2) is 8.57. The standard InChI is InChI=1S/C24H33N3OS/c1-18-25-20(17-29-18)15-23(28)27-13-9-5-8-12-22-24(27,2)16-21(26(22)3)14-19-10-6-4-7-11-19/h4,6-7,10-11,17,21-22H,5,8-9,12-16H2,1-3H3/t21-,22+,24+/m1/s1. The molecule has 1 amide bonds. The number of thiazole rings is 1. The molecule has 5 heteroatoms. The molecule has 1 aromatic carbocycles. The molecule has 2 aliphatic heterocycles. The van der Waals surface area contributed by atoms with Gasteiger partial charge in [0.15, 0.2) is 0 Å². The zero-order valence-electron chi connectivity index (χ0n) is 17.9. The SMILES string of the molecule is Cc1nc(CC(=O)N2CCCCC[C@@H]3N(C)[C@H](Cc4ccccc4)C[C@@]32C)cs1. The van der Waals surface area contributed by atoms with Crippen molar-refractivity contribution in [3.63, 3.8) is 0 Å². The maximum atomic E-state index is 13.4. The van der Waals surface area contributed by atoms with Gasteiger partial charge in [0.2, 0.25) is 5.91 Å². The van der Waals surface area contributed by atoms with Crippen molar-refractivity contribution in [1.29, 1.82) is 0 Å². The molecule has 29 heavy (non-hydrogen) atoms. The number of hydrogen-bond acceptors (Lipinski definition) is 4. The number of carbonyl (C=O) groups excluding carboxylic acids is 1. The van der Waals surface area contributed by atoms with E-state index in [0.717, 1.165) is 36.5 Å². The van der Waals surface area contributed by atoms with Gasteiger partial charge >= 0.3 is 0 Å². The van der Waals surface area contributed by atoms with Crippen LogP contribution in [0.2, 0.25) is 0 Å². The van der Waals surface area contributed by atoms with Crippen LogP contribution < -0.4 is 0 Å². The van der Waals surface area contributed by atoms with Crippen LogP contribution in [0.15, 0.2) is 35.7 Å². The van der Waals surface area contributed by atoms with Gasteiger partial charge in [0.1, 0.15) is 0 Å². The van der Waals surface area contributed by atoms with Gasteiger partial charge in [-0.3, -0.25) is 9.69 Å². The molecule has 3 atom stereocenters. The maximum absolute atomic E-state index is 13.4. The molecule has 4 nitrogen and oxygen atoms in total. The first kappa shape index (κ1) is 20.5. The number of rotatable bonds is 4. The number of likely N-dealkylation sites (tertiary alicyclic amines) is 2. The van der Waals surface area contributed by atoms with Crippen molar-refractivity contribution in [2.24, 2.45) is 0 Å². The number of carbonyl (C=O) groups is 1. The Morgan fingerprint density at radius 1 is 1.24 bits per heavy atom. The summed E-state index contributed by atoms with van der Waals surface area (Å²) >= 11 is 1.63. The topological polar surface area (TPSA) is 36.4 Å². The Labute approximate surface area is 178 Å². The molecule has 0 radical (unpaired) electrons. The second-order valence-electron chi connectivity index (χ2n) is 9.02. The third kappa shape index (κ3) is 4.26. The number of aromatic nitrogens is 1. The maximum Gasteiger partial charge on any atom is 0.229 e. The van der Waals surface area contributed by atoms with Crippen LogP contribution in [-0.2, 0) is 17.6 Å². The lowest BCUT2D eigenvalue weighted by atomic mass is 9.83. The summed E-state index contributed by atoms with van der Waals surface area (Å²) in [7, 11) is 2.28. The highest BCUT2D eigenvalue weighted by atomic mass is 32.1. The number of likely N-dealkylation sites (N-methyl/N-ethyl adjacent to an activating group) is 1. The van der Waals surface area contributed by atoms with E-state index in [9.17, 15) is 4.79 Å². The molecule has 156 valence electrons. The molecular formula is C24H33N3OS. The average molecular weight is 412 g/mol. The number of aryl methyl sites for hydroxylation is 1. The highest BCUT2D eigenvalue weighted by Crippen LogP contribution is 2.42. The largest absolute Gasteiger partial charge is 0.335 e. The Morgan fingerprint density at radius 2 is 2.03 bits per heavy atom. The van der Waals surface area contributed by atoms with Gasteiger partial charge < -0.3 is 4.90 Å². The predicted molar refractivity (Wildman–Crippen MR) is 119 cm³/mol. The van der Waals surface area contributed by atoms with E-state index in [0.29, 0.717) is 18.5 Å². The lowest BCUT2D eigenvalue weighted by Gasteiger charge is -2.45. The van der Waals surface area contributed by atoms with Crippen molar-refractivity contribution in [3.8, 4) is 0 Å². The number of fused-ring (bicyclic) bond motifs is 1. The van der Waals surface area contributed by atoms with E-state index in [1.807, 2.05) is 12.3 Å². The third-order valence-electron chi connectivity index (χ3n) is 7.02. The summed E-state index contributed by atoms with van der Waals surface area (Å²) in [5.41, 5.74) is 2.21. The van der Waals surface area contributed by atoms with Crippen LogP contribution in [0.4, 0.5) is 0 Å². The summed E-state index contributed by atoms with van der Waals surface area (Å²) in [5.74, 6) is 0.249. The van der Waals surface area contributed by atoms with E-state index in [1.54, 1.807) is 11.3 Å². The predicted octanol–water partition coefficient (Wildman–Crippen LogP) is 4.47. The molecule has 2 aromatic rings. The summed E-state index contributed by atoms with van der Waals surface area (Å²) in [6, 6.07) is 11.7. The molecule has 2 fully saturated rings. The number of amides is 1. The molecule has 4 rings (SSSR count). The number of benzene rings is 1. The first-order chi connectivity index (χ1) is 14.0. The van der Waals surface area contributed by atoms with E-state index in [1.165, 1.54) is 24.8 Å². The fourth-order valence-corrected chi connectivity index (χ4v) is 6.16. The van der Waals surface area contributed by atoms with Gasteiger partial charge in [-0.05, 0) is 52.1 Å². The minimum absolute atomic E-state index is 0.100. The smallest absolute Gasteiger partial charge is 0.229 e. The molecule has 0 spiro atoms. The average Bonchev–Trinajstić information content (AvgIpc) is 3.19. The Bertz CT molecular complexity index is 836. The number of nitrogens with zero attached hydrogens (tertiary/aromatic N) is 3. The van der Waals surface area contributed by atoms with E-state index < -0.39 is 0 Å². The highest BCUT2D eigenvalue weighted by molar-refractivity contribution is 7.09. The van der Waals surface area contributed by atoms with Gasteiger partial charge in [-0.2, -0.15) is 0 Å². The molecule has 3 heterocycles. The van der Waals surface area contributed by atoms with Gasteiger partial charge in [-0.15, -0.1) is 11.3 Å². The Balaban J connectivity index is 1.57. The zero-order valence-corrected chi connectivity index (χ0v) is 18.8. The Kier molecular flexibility index (Phi) is 6.07. The first-order valence-corrected chi connectivity index (χ1v) is 11.8. The fraction of sp³-hybridized carbons (Fsp3) is 0.583. The first-order valence-electron chi connectivity index (χ1n) is 10.9. The van der Waals surface area contributed by atoms with E-state index in [-0.39, 0.29) is 11.4 Å².